The fraction of sp³-hybridized carbons (Fsp3) is 0.143. The van der Waals surface area contributed by atoms with Crippen molar-refractivity contribution in [2.24, 2.45) is 0 Å². The maximum absolute atomic E-state index is 13.0. The molecule has 0 aliphatic heterocycles. The number of thioether (sulfide) groups is 1. The van der Waals surface area contributed by atoms with Gasteiger partial charge in [0.25, 0.3) is 0 Å². The molecule has 0 radical (unpaired) electrons. The average molecular weight is 263 g/mol. The number of hydrogen-bond donors (Lipinski definition) is 1. The molecule has 2 rings (SSSR count). The molecule has 94 valence electrons. The van der Waals surface area contributed by atoms with Crippen LogP contribution in [0.3, 0.4) is 0 Å². The van der Waals surface area contributed by atoms with E-state index in [4.69, 9.17) is 10.5 Å². The molecule has 0 unspecified atom stereocenters. The van der Waals surface area contributed by atoms with Gasteiger partial charge in [0.1, 0.15) is 11.6 Å². The molecular formula is C14H14FNOS. The number of rotatable bonds is 4. The number of hydrogen-bond acceptors (Lipinski definition) is 3. The zero-order chi connectivity index (χ0) is 13.0. The van der Waals surface area contributed by atoms with Crippen LogP contribution in [0.5, 0.6) is 5.75 Å². The SMILES string of the molecule is COc1cc(N)cc(CSc2cccc(F)c2)c1. The first-order chi connectivity index (χ1) is 8.67. The monoisotopic (exact) mass is 263 g/mol. The largest absolute Gasteiger partial charge is 0.497 e. The Morgan fingerprint density at radius 3 is 2.78 bits per heavy atom. The van der Waals surface area contributed by atoms with Gasteiger partial charge in [-0.2, -0.15) is 0 Å². The minimum Gasteiger partial charge on any atom is -0.497 e. The van der Waals surface area contributed by atoms with Crippen LogP contribution in [0.25, 0.3) is 0 Å². The van der Waals surface area contributed by atoms with Gasteiger partial charge in [0.15, 0.2) is 0 Å². The Balaban J connectivity index is 2.08. The van der Waals surface area contributed by atoms with E-state index < -0.39 is 0 Å². The predicted molar refractivity (Wildman–Crippen MR) is 73.4 cm³/mol. The lowest BCUT2D eigenvalue weighted by atomic mass is 10.2. The van der Waals surface area contributed by atoms with Gasteiger partial charge in [0.05, 0.1) is 7.11 Å². The van der Waals surface area contributed by atoms with Gasteiger partial charge in [0.2, 0.25) is 0 Å². The van der Waals surface area contributed by atoms with Gasteiger partial charge in [-0.25, -0.2) is 4.39 Å². The molecule has 18 heavy (non-hydrogen) atoms. The molecule has 2 aromatic rings. The maximum Gasteiger partial charge on any atom is 0.124 e. The highest BCUT2D eigenvalue weighted by molar-refractivity contribution is 7.98. The van der Waals surface area contributed by atoms with E-state index in [1.165, 1.54) is 12.1 Å². The third kappa shape index (κ3) is 3.40. The number of methoxy groups -OCH3 is 1. The van der Waals surface area contributed by atoms with Crippen LogP contribution in [-0.2, 0) is 5.75 Å². The molecular weight excluding hydrogens is 249 g/mol. The van der Waals surface area contributed by atoms with Crippen LogP contribution >= 0.6 is 11.8 Å². The Morgan fingerprint density at radius 2 is 2.06 bits per heavy atom. The number of anilines is 1. The van der Waals surface area contributed by atoms with Gasteiger partial charge < -0.3 is 10.5 Å². The molecule has 4 heteroatoms. The maximum atomic E-state index is 13.0. The second-order valence-electron chi connectivity index (χ2n) is 3.86. The molecule has 2 aromatic carbocycles. The van der Waals surface area contributed by atoms with Crippen molar-refractivity contribution in [1.29, 1.82) is 0 Å². The normalized spacial score (nSPS) is 10.3. The molecule has 2 N–H and O–H groups in total. The van der Waals surface area contributed by atoms with Crippen LogP contribution in [0.4, 0.5) is 10.1 Å². The topological polar surface area (TPSA) is 35.2 Å². The number of halogens is 1. The van der Waals surface area contributed by atoms with Gasteiger partial charge in [-0.3, -0.25) is 0 Å². The van der Waals surface area contributed by atoms with E-state index >= 15 is 0 Å². The minimum absolute atomic E-state index is 0.217. The van der Waals surface area contributed by atoms with Crippen molar-refractivity contribution in [2.45, 2.75) is 10.6 Å². The lowest BCUT2D eigenvalue weighted by Gasteiger charge is -2.06. The Kier molecular flexibility index (Phi) is 4.10. The van der Waals surface area contributed by atoms with Gasteiger partial charge in [0, 0.05) is 22.4 Å². The molecule has 0 heterocycles. The highest BCUT2D eigenvalue weighted by atomic mass is 32.2. The van der Waals surface area contributed by atoms with Gasteiger partial charge in [-0.1, -0.05) is 6.07 Å². The highest BCUT2D eigenvalue weighted by Gasteiger charge is 2.01. The Labute approximate surface area is 110 Å². The third-order valence-electron chi connectivity index (χ3n) is 2.43. The van der Waals surface area contributed by atoms with Gasteiger partial charge in [-0.15, -0.1) is 11.8 Å². The smallest absolute Gasteiger partial charge is 0.124 e. The van der Waals surface area contributed by atoms with E-state index in [1.54, 1.807) is 31.0 Å². The predicted octanol–water partition coefficient (Wildman–Crippen LogP) is 3.71. The summed E-state index contributed by atoms with van der Waals surface area (Å²) in [5.74, 6) is 1.25. The number of benzene rings is 2. The molecule has 0 amide bonds. The first-order valence-electron chi connectivity index (χ1n) is 5.49. The summed E-state index contributed by atoms with van der Waals surface area (Å²) in [7, 11) is 1.61. The van der Waals surface area contributed by atoms with E-state index in [-0.39, 0.29) is 5.82 Å². The molecule has 2 nitrogen and oxygen atoms in total. The van der Waals surface area contributed by atoms with Crippen molar-refractivity contribution in [3.8, 4) is 5.75 Å². The first kappa shape index (κ1) is 12.8. The van der Waals surface area contributed by atoms with Crippen molar-refractivity contribution < 1.29 is 9.13 Å². The third-order valence-corrected chi connectivity index (χ3v) is 3.49. The second-order valence-corrected chi connectivity index (χ2v) is 4.91. The molecule has 0 saturated heterocycles. The average Bonchev–Trinajstić information content (AvgIpc) is 2.36. The fourth-order valence-corrected chi connectivity index (χ4v) is 2.48. The van der Waals surface area contributed by atoms with E-state index in [1.807, 2.05) is 18.2 Å². The Hall–Kier alpha value is -1.68. The standard InChI is InChI=1S/C14H14FNOS/c1-17-13-6-10(5-12(16)8-13)9-18-14-4-2-3-11(15)7-14/h2-8H,9,16H2,1H3. The Morgan fingerprint density at radius 1 is 1.22 bits per heavy atom. The summed E-state index contributed by atoms with van der Waals surface area (Å²) in [5.41, 5.74) is 7.51. The summed E-state index contributed by atoms with van der Waals surface area (Å²) in [6.45, 7) is 0. The number of ether oxygens (including phenoxy) is 1. The van der Waals surface area contributed by atoms with Crippen LogP contribution in [0, 0.1) is 5.82 Å². The highest BCUT2D eigenvalue weighted by Crippen LogP contribution is 2.26. The lowest BCUT2D eigenvalue weighted by Crippen LogP contribution is -1.91. The van der Waals surface area contributed by atoms with Gasteiger partial charge >= 0.3 is 0 Å². The molecule has 0 saturated carbocycles. The number of nitrogens with two attached hydrogens (primary N) is 1. The summed E-state index contributed by atoms with van der Waals surface area (Å²) in [4.78, 5) is 0.899. The Bertz CT molecular complexity index is 545. The van der Waals surface area contributed by atoms with Crippen LogP contribution in [0.15, 0.2) is 47.4 Å². The summed E-state index contributed by atoms with van der Waals surface area (Å²) >= 11 is 1.56. The minimum atomic E-state index is -0.217. The quantitative estimate of drug-likeness (QED) is 0.674. The van der Waals surface area contributed by atoms with E-state index in [9.17, 15) is 4.39 Å². The molecule has 0 fully saturated rings. The second kappa shape index (κ2) is 5.78. The molecule has 0 bridgehead atoms. The zero-order valence-electron chi connectivity index (χ0n) is 10.0. The van der Waals surface area contributed by atoms with Crippen molar-refractivity contribution in [3.63, 3.8) is 0 Å². The molecule has 0 aliphatic carbocycles. The number of nitrogen functional groups attached to an aromatic ring is 1. The van der Waals surface area contributed by atoms with Crippen LogP contribution < -0.4 is 10.5 Å². The molecule has 0 atom stereocenters. The fourth-order valence-electron chi connectivity index (χ4n) is 1.61. The van der Waals surface area contributed by atoms with Crippen LogP contribution in [0.2, 0.25) is 0 Å². The molecule has 0 aliphatic rings. The van der Waals surface area contributed by atoms with E-state index in [2.05, 4.69) is 0 Å². The van der Waals surface area contributed by atoms with E-state index in [0.717, 1.165) is 22.0 Å². The first-order valence-corrected chi connectivity index (χ1v) is 6.48. The van der Waals surface area contributed by atoms with E-state index in [0.29, 0.717) is 5.69 Å². The lowest BCUT2D eigenvalue weighted by molar-refractivity contribution is 0.414. The molecule has 0 aromatic heterocycles. The molecule has 0 spiro atoms. The zero-order valence-corrected chi connectivity index (χ0v) is 10.8. The summed E-state index contributed by atoms with van der Waals surface area (Å²) in [6, 6.07) is 12.2. The van der Waals surface area contributed by atoms with Crippen molar-refractivity contribution in [2.75, 3.05) is 12.8 Å². The van der Waals surface area contributed by atoms with Gasteiger partial charge in [-0.05, 0) is 35.9 Å². The van der Waals surface area contributed by atoms with Crippen LogP contribution in [0.1, 0.15) is 5.56 Å². The van der Waals surface area contributed by atoms with Crippen molar-refractivity contribution >= 4 is 17.4 Å². The summed E-state index contributed by atoms with van der Waals surface area (Å²) in [6.07, 6.45) is 0. The van der Waals surface area contributed by atoms with Crippen molar-refractivity contribution in [1.82, 2.24) is 0 Å². The summed E-state index contributed by atoms with van der Waals surface area (Å²) in [5, 5.41) is 0. The summed E-state index contributed by atoms with van der Waals surface area (Å²) < 4.78 is 18.2. The van der Waals surface area contributed by atoms with Crippen molar-refractivity contribution in [3.05, 3.63) is 53.8 Å². The van der Waals surface area contributed by atoms with Crippen LogP contribution in [-0.4, -0.2) is 7.11 Å².